The maximum absolute atomic E-state index is 9.04. The van der Waals surface area contributed by atoms with Crippen LogP contribution in [0.2, 0.25) is 0 Å². The molecular weight excluding hydrogens is 124 g/mol. The number of hydrogen-bond donors (Lipinski definition) is 1. The summed E-state index contributed by atoms with van der Waals surface area (Å²) >= 11 is 0. The van der Waals surface area contributed by atoms with E-state index in [0.29, 0.717) is 0 Å². The Balaban J connectivity index is 4.00. The van der Waals surface area contributed by atoms with Gasteiger partial charge in [-0.25, -0.2) is 0 Å². The molecule has 0 aliphatic rings. The van der Waals surface area contributed by atoms with Gasteiger partial charge < -0.3 is 5.11 Å². The van der Waals surface area contributed by atoms with Gasteiger partial charge in [-0.2, -0.15) is 0 Å². The average Bonchev–Trinajstić information content (AvgIpc) is 2.01. The van der Waals surface area contributed by atoms with Crippen molar-refractivity contribution < 1.29 is 5.11 Å². The van der Waals surface area contributed by atoms with Gasteiger partial charge in [-0.1, -0.05) is 26.3 Å². The molecule has 0 aliphatic carbocycles. The van der Waals surface area contributed by atoms with Crippen molar-refractivity contribution in [1.82, 2.24) is 0 Å². The fourth-order valence-electron chi connectivity index (χ4n) is 1.18. The van der Waals surface area contributed by atoms with E-state index in [0.717, 1.165) is 19.3 Å². The third-order valence-corrected chi connectivity index (χ3v) is 2.20. The van der Waals surface area contributed by atoms with Gasteiger partial charge in [-0.05, 0) is 12.8 Å². The van der Waals surface area contributed by atoms with E-state index in [1.54, 1.807) is 0 Å². The highest BCUT2D eigenvalue weighted by atomic mass is 16.3. The molecule has 1 heteroatoms. The topological polar surface area (TPSA) is 20.2 Å². The lowest BCUT2D eigenvalue weighted by Crippen LogP contribution is -2.20. The maximum atomic E-state index is 9.04. The van der Waals surface area contributed by atoms with E-state index in [-0.39, 0.29) is 12.0 Å². The predicted molar refractivity (Wildman–Crippen MR) is 44.9 cm³/mol. The third kappa shape index (κ3) is 2.14. The molecule has 0 aromatic rings. The van der Waals surface area contributed by atoms with E-state index < -0.39 is 0 Å². The molecule has 1 nitrogen and oxygen atoms in total. The highest BCUT2D eigenvalue weighted by molar-refractivity contribution is 4.93. The molecule has 0 saturated heterocycles. The first-order valence-electron chi connectivity index (χ1n) is 3.99. The number of aliphatic hydroxyl groups is 1. The summed E-state index contributed by atoms with van der Waals surface area (Å²) in [4.78, 5) is 0. The van der Waals surface area contributed by atoms with E-state index in [2.05, 4.69) is 20.4 Å². The summed E-state index contributed by atoms with van der Waals surface area (Å²) in [7, 11) is 0. The summed E-state index contributed by atoms with van der Waals surface area (Å²) in [6.45, 7) is 8.19. The summed E-state index contributed by atoms with van der Waals surface area (Å²) in [6.07, 6.45) is 5.03. The van der Waals surface area contributed by atoms with E-state index in [1.165, 1.54) is 0 Å². The van der Waals surface area contributed by atoms with Crippen LogP contribution in [0.15, 0.2) is 12.7 Å². The van der Waals surface area contributed by atoms with E-state index in [9.17, 15) is 0 Å². The minimum atomic E-state index is -0.00521. The van der Waals surface area contributed by atoms with Crippen molar-refractivity contribution in [3.05, 3.63) is 12.7 Å². The van der Waals surface area contributed by atoms with Crippen LogP contribution in [-0.4, -0.2) is 11.7 Å². The Morgan fingerprint density at radius 1 is 1.50 bits per heavy atom. The molecule has 0 rings (SSSR count). The molecule has 1 unspecified atom stereocenters. The van der Waals surface area contributed by atoms with Crippen molar-refractivity contribution in [3.8, 4) is 0 Å². The van der Waals surface area contributed by atoms with Gasteiger partial charge in [0.15, 0.2) is 0 Å². The first-order valence-corrected chi connectivity index (χ1v) is 3.99. The molecule has 0 bridgehead atoms. The van der Waals surface area contributed by atoms with Gasteiger partial charge in [0.2, 0.25) is 0 Å². The van der Waals surface area contributed by atoms with Crippen molar-refractivity contribution in [1.29, 1.82) is 0 Å². The second-order valence-corrected chi connectivity index (χ2v) is 2.83. The molecule has 0 spiro atoms. The van der Waals surface area contributed by atoms with E-state index in [4.69, 9.17) is 5.11 Å². The largest absolute Gasteiger partial charge is 0.395 e. The van der Waals surface area contributed by atoms with Crippen LogP contribution >= 0.6 is 0 Å². The van der Waals surface area contributed by atoms with Crippen molar-refractivity contribution >= 4 is 0 Å². The normalized spacial score (nSPS) is 16.3. The van der Waals surface area contributed by atoms with Crippen LogP contribution in [0.3, 0.4) is 0 Å². The Bertz CT molecular complexity index is 92.9. The van der Waals surface area contributed by atoms with Gasteiger partial charge in [0, 0.05) is 5.41 Å². The monoisotopic (exact) mass is 142 g/mol. The van der Waals surface area contributed by atoms with Crippen LogP contribution in [0.4, 0.5) is 0 Å². The molecule has 10 heavy (non-hydrogen) atoms. The van der Waals surface area contributed by atoms with E-state index in [1.807, 2.05) is 6.08 Å². The summed E-state index contributed by atoms with van der Waals surface area (Å²) in [5.41, 5.74) is -0.00521. The van der Waals surface area contributed by atoms with Crippen molar-refractivity contribution in [2.75, 3.05) is 6.61 Å². The minimum Gasteiger partial charge on any atom is -0.395 e. The van der Waals surface area contributed by atoms with Gasteiger partial charge in [0.25, 0.3) is 0 Å². The quantitative estimate of drug-likeness (QED) is 0.584. The zero-order chi connectivity index (χ0) is 8.04. The second kappa shape index (κ2) is 4.51. The highest BCUT2D eigenvalue weighted by Gasteiger charge is 2.21. The van der Waals surface area contributed by atoms with Crippen molar-refractivity contribution in [3.63, 3.8) is 0 Å². The lowest BCUT2D eigenvalue weighted by atomic mass is 9.82. The van der Waals surface area contributed by atoms with Crippen LogP contribution < -0.4 is 0 Å². The predicted octanol–water partition coefficient (Wildman–Crippen LogP) is 2.36. The van der Waals surface area contributed by atoms with Crippen molar-refractivity contribution in [2.45, 2.75) is 33.1 Å². The number of hydrogen-bond acceptors (Lipinski definition) is 1. The summed E-state index contributed by atoms with van der Waals surface area (Å²) < 4.78 is 0. The molecule has 1 atom stereocenters. The highest BCUT2D eigenvalue weighted by Crippen LogP contribution is 2.28. The Morgan fingerprint density at radius 2 is 2.10 bits per heavy atom. The van der Waals surface area contributed by atoms with Crippen LogP contribution in [0, 0.1) is 5.41 Å². The average molecular weight is 142 g/mol. The number of aliphatic hydroxyl groups excluding tert-OH is 1. The van der Waals surface area contributed by atoms with Crippen LogP contribution in [0.5, 0.6) is 0 Å². The smallest absolute Gasteiger partial charge is 0.0521 e. The first kappa shape index (κ1) is 9.70. The Hall–Kier alpha value is -0.300. The van der Waals surface area contributed by atoms with Crippen molar-refractivity contribution in [2.24, 2.45) is 5.41 Å². The van der Waals surface area contributed by atoms with Gasteiger partial charge in [-0.3, -0.25) is 0 Å². The van der Waals surface area contributed by atoms with Gasteiger partial charge in [-0.15, -0.1) is 6.58 Å². The second-order valence-electron chi connectivity index (χ2n) is 2.83. The molecule has 0 aromatic heterocycles. The van der Waals surface area contributed by atoms with Crippen LogP contribution in [0.25, 0.3) is 0 Å². The maximum Gasteiger partial charge on any atom is 0.0521 e. The van der Waals surface area contributed by atoms with Gasteiger partial charge in [0.1, 0.15) is 0 Å². The SMILES string of the molecule is C=CC(CC)(CO)CCC. The first-order chi connectivity index (χ1) is 4.74. The number of rotatable bonds is 5. The van der Waals surface area contributed by atoms with Gasteiger partial charge in [0.05, 0.1) is 6.61 Å². The fourth-order valence-corrected chi connectivity index (χ4v) is 1.18. The Morgan fingerprint density at radius 3 is 2.20 bits per heavy atom. The zero-order valence-electron chi connectivity index (χ0n) is 7.06. The summed E-state index contributed by atoms with van der Waals surface area (Å²) in [6, 6.07) is 0. The summed E-state index contributed by atoms with van der Waals surface area (Å²) in [5.74, 6) is 0. The molecule has 0 fully saturated rings. The fraction of sp³-hybridized carbons (Fsp3) is 0.778. The zero-order valence-corrected chi connectivity index (χ0v) is 7.06. The molecule has 0 heterocycles. The third-order valence-electron chi connectivity index (χ3n) is 2.20. The van der Waals surface area contributed by atoms with E-state index >= 15 is 0 Å². The van der Waals surface area contributed by atoms with Crippen LogP contribution in [-0.2, 0) is 0 Å². The minimum absolute atomic E-state index is 0.00521. The molecule has 0 saturated carbocycles. The Kier molecular flexibility index (Phi) is 4.37. The summed E-state index contributed by atoms with van der Waals surface area (Å²) in [5, 5.41) is 9.04. The van der Waals surface area contributed by atoms with Crippen LogP contribution in [0.1, 0.15) is 33.1 Å². The molecule has 60 valence electrons. The molecule has 1 N–H and O–H groups in total. The standard InChI is InChI=1S/C9H18O/c1-4-7-9(5-2,6-3)8-10/h5,10H,2,4,6-8H2,1,3H3. The lowest BCUT2D eigenvalue weighted by Gasteiger charge is -2.25. The Labute approximate surface area is 63.8 Å². The van der Waals surface area contributed by atoms with Gasteiger partial charge >= 0.3 is 0 Å². The molecule has 0 aliphatic heterocycles. The molecule has 0 radical (unpaired) electrons. The molecule has 0 aromatic carbocycles. The molecule has 0 amide bonds. The molecular formula is C9H18O. The lowest BCUT2D eigenvalue weighted by molar-refractivity contribution is 0.154.